The lowest BCUT2D eigenvalue weighted by atomic mass is 10.1. The van der Waals surface area contributed by atoms with Crippen LogP contribution < -0.4 is 0 Å². The number of hydrogen-bond acceptors (Lipinski definition) is 1. The number of aromatic amines is 1. The number of H-pyrrole nitrogens is 1. The highest BCUT2D eigenvalue weighted by molar-refractivity contribution is 6.31. The number of fused-ring (bicyclic) bond motifs is 1. The summed E-state index contributed by atoms with van der Waals surface area (Å²) >= 11 is 6.24. The van der Waals surface area contributed by atoms with Crippen LogP contribution >= 0.6 is 11.6 Å². The van der Waals surface area contributed by atoms with Crippen LogP contribution in [-0.4, -0.2) is 29.5 Å². The predicted octanol–water partition coefficient (Wildman–Crippen LogP) is 3.07. The van der Waals surface area contributed by atoms with E-state index in [4.69, 9.17) is 11.6 Å². The standard InChI is InChI=1S/C13H15ClN2/c14-13-11(6-9-16-7-3-8-16)10-4-1-2-5-12(10)15-13/h1-2,4-5,15H,3,6-9H2. The Balaban J connectivity index is 1.86. The van der Waals surface area contributed by atoms with Gasteiger partial charge < -0.3 is 9.88 Å². The summed E-state index contributed by atoms with van der Waals surface area (Å²) in [6.45, 7) is 3.63. The molecule has 3 rings (SSSR count). The average molecular weight is 235 g/mol. The fourth-order valence-corrected chi connectivity index (χ4v) is 2.58. The van der Waals surface area contributed by atoms with Gasteiger partial charge in [-0.25, -0.2) is 0 Å². The Hall–Kier alpha value is -0.990. The highest BCUT2D eigenvalue weighted by Crippen LogP contribution is 2.26. The van der Waals surface area contributed by atoms with Gasteiger partial charge >= 0.3 is 0 Å². The molecule has 1 saturated heterocycles. The Morgan fingerprint density at radius 1 is 1.25 bits per heavy atom. The number of halogens is 1. The first-order valence-corrected chi connectivity index (χ1v) is 6.20. The van der Waals surface area contributed by atoms with Gasteiger partial charge in [-0.1, -0.05) is 29.8 Å². The lowest BCUT2D eigenvalue weighted by Gasteiger charge is -2.30. The maximum Gasteiger partial charge on any atom is 0.110 e. The van der Waals surface area contributed by atoms with E-state index in [0.717, 1.165) is 23.6 Å². The average Bonchev–Trinajstić information content (AvgIpc) is 2.53. The van der Waals surface area contributed by atoms with Crippen molar-refractivity contribution in [3.05, 3.63) is 35.0 Å². The third-order valence-corrected chi connectivity index (χ3v) is 3.71. The molecule has 1 aromatic carbocycles. The van der Waals surface area contributed by atoms with Crippen molar-refractivity contribution >= 4 is 22.5 Å². The van der Waals surface area contributed by atoms with Crippen LogP contribution in [0.3, 0.4) is 0 Å². The minimum Gasteiger partial charge on any atom is -0.345 e. The highest BCUT2D eigenvalue weighted by Gasteiger charge is 2.15. The highest BCUT2D eigenvalue weighted by atomic mass is 35.5. The van der Waals surface area contributed by atoms with Crippen LogP contribution in [0.2, 0.25) is 5.15 Å². The fraction of sp³-hybridized carbons (Fsp3) is 0.385. The molecule has 16 heavy (non-hydrogen) atoms. The fourth-order valence-electron chi connectivity index (χ4n) is 2.29. The molecule has 2 heterocycles. The summed E-state index contributed by atoms with van der Waals surface area (Å²) in [6.07, 6.45) is 2.39. The molecular formula is C13H15ClN2. The molecule has 0 saturated carbocycles. The Morgan fingerprint density at radius 3 is 2.81 bits per heavy atom. The number of nitrogens with one attached hydrogen (secondary N) is 1. The van der Waals surface area contributed by atoms with Gasteiger partial charge in [0, 0.05) is 17.4 Å². The lowest BCUT2D eigenvalue weighted by molar-refractivity contribution is 0.184. The number of nitrogens with zero attached hydrogens (tertiary/aromatic N) is 1. The molecule has 0 radical (unpaired) electrons. The van der Waals surface area contributed by atoms with Crippen molar-refractivity contribution in [1.82, 2.24) is 9.88 Å². The zero-order chi connectivity index (χ0) is 11.0. The van der Waals surface area contributed by atoms with E-state index in [1.807, 2.05) is 6.07 Å². The molecule has 1 aliphatic rings. The van der Waals surface area contributed by atoms with E-state index in [2.05, 4.69) is 28.1 Å². The molecule has 2 nitrogen and oxygen atoms in total. The molecule has 1 aliphatic heterocycles. The molecule has 2 aromatic rings. The van der Waals surface area contributed by atoms with E-state index >= 15 is 0 Å². The molecule has 84 valence electrons. The van der Waals surface area contributed by atoms with Crippen molar-refractivity contribution in [3.8, 4) is 0 Å². The van der Waals surface area contributed by atoms with Crippen LogP contribution in [0.5, 0.6) is 0 Å². The molecule has 0 bridgehead atoms. The number of benzene rings is 1. The normalized spacial score (nSPS) is 16.6. The topological polar surface area (TPSA) is 19.0 Å². The number of hydrogen-bond donors (Lipinski definition) is 1. The van der Waals surface area contributed by atoms with Gasteiger partial charge in [-0.2, -0.15) is 0 Å². The Labute approximate surface area is 100 Å². The second-order valence-corrected chi connectivity index (χ2v) is 4.79. The Morgan fingerprint density at radius 2 is 2.06 bits per heavy atom. The van der Waals surface area contributed by atoms with Crippen molar-refractivity contribution in [2.75, 3.05) is 19.6 Å². The number of rotatable bonds is 3. The van der Waals surface area contributed by atoms with Crippen molar-refractivity contribution < 1.29 is 0 Å². The van der Waals surface area contributed by atoms with Crippen LogP contribution in [-0.2, 0) is 6.42 Å². The Kier molecular flexibility index (Phi) is 2.62. The first kappa shape index (κ1) is 10.2. The molecule has 0 aliphatic carbocycles. The SMILES string of the molecule is Clc1[nH]c2ccccc2c1CCN1CCC1. The van der Waals surface area contributed by atoms with Crippen molar-refractivity contribution in [2.45, 2.75) is 12.8 Å². The zero-order valence-corrected chi connectivity index (χ0v) is 9.93. The molecule has 3 heteroatoms. The molecule has 0 spiro atoms. The maximum atomic E-state index is 6.24. The summed E-state index contributed by atoms with van der Waals surface area (Å²) in [7, 11) is 0. The first-order valence-electron chi connectivity index (χ1n) is 5.82. The molecule has 0 amide bonds. The van der Waals surface area contributed by atoms with E-state index in [1.165, 1.54) is 30.5 Å². The predicted molar refractivity (Wildman–Crippen MR) is 68.1 cm³/mol. The van der Waals surface area contributed by atoms with Crippen LogP contribution in [0.4, 0.5) is 0 Å². The first-order chi connectivity index (χ1) is 7.84. The van der Waals surface area contributed by atoms with Gasteiger partial charge in [-0.05, 0) is 37.6 Å². The molecule has 0 unspecified atom stereocenters. The largest absolute Gasteiger partial charge is 0.345 e. The van der Waals surface area contributed by atoms with Gasteiger partial charge in [-0.15, -0.1) is 0 Å². The number of aromatic nitrogens is 1. The molecule has 1 fully saturated rings. The Bertz CT molecular complexity index is 500. The molecule has 0 atom stereocenters. The quantitative estimate of drug-likeness (QED) is 0.865. The summed E-state index contributed by atoms with van der Waals surface area (Å²) in [5.74, 6) is 0. The summed E-state index contributed by atoms with van der Waals surface area (Å²) in [4.78, 5) is 5.70. The van der Waals surface area contributed by atoms with E-state index in [0.29, 0.717) is 0 Å². The molecule has 1 N–H and O–H groups in total. The van der Waals surface area contributed by atoms with Gasteiger partial charge in [0.2, 0.25) is 0 Å². The minimum atomic E-state index is 0.807. The lowest BCUT2D eigenvalue weighted by Crippen LogP contribution is -2.38. The second kappa shape index (κ2) is 4.11. The van der Waals surface area contributed by atoms with E-state index < -0.39 is 0 Å². The van der Waals surface area contributed by atoms with Crippen LogP contribution in [0, 0.1) is 0 Å². The van der Waals surface area contributed by atoms with Gasteiger partial charge in [0.25, 0.3) is 0 Å². The van der Waals surface area contributed by atoms with E-state index in [-0.39, 0.29) is 0 Å². The van der Waals surface area contributed by atoms with Crippen molar-refractivity contribution in [1.29, 1.82) is 0 Å². The van der Waals surface area contributed by atoms with Crippen LogP contribution in [0.15, 0.2) is 24.3 Å². The summed E-state index contributed by atoms with van der Waals surface area (Å²) < 4.78 is 0. The summed E-state index contributed by atoms with van der Waals surface area (Å²) in [5.41, 5.74) is 2.41. The van der Waals surface area contributed by atoms with Crippen molar-refractivity contribution in [2.24, 2.45) is 0 Å². The molecular weight excluding hydrogens is 220 g/mol. The summed E-state index contributed by atoms with van der Waals surface area (Å²) in [6, 6.07) is 8.32. The number of para-hydroxylation sites is 1. The van der Waals surface area contributed by atoms with Gasteiger partial charge in [-0.3, -0.25) is 0 Å². The van der Waals surface area contributed by atoms with Gasteiger partial charge in [0.1, 0.15) is 5.15 Å². The van der Waals surface area contributed by atoms with Crippen molar-refractivity contribution in [3.63, 3.8) is 0 Å². The molecule has 1 aromatic heterocycles. The third-order valence-electron chi connectivity index (χ3n) is 3.39. The summed E-state index contributed by atoms with van der Waals surface area (Å²) in [5, 5.41) is 2.08. The van der Waals surface area contributed by atoms with Gasteiger partial charge in [0.05, 0.1) is 0 Å². The monoisotopic (exact) mass is 234 g/mol. The second-order valence-electron chi connectivity index (χ2n) is 4.41. The maximum absolute atomic E-state index is 6.24. The van der Waals surface area contributed by atoms with E-state index in [9.17, 15) is 0 Å². The third kappa shape index (κ3) is 1.72. The van der Waals surface area contributed by atoms with Crippen LogP contribution in [0.1, 0.15) is 12.0 Å². The van der Waals surface area contributed by atoms with Gasteiger partial charge in [0.15, 0.2) is 0 Å². The smallest absolute Gasteiger partial charge is 0.110 e. The number of likely N-dealkylation sites (tertiary alicyclic amines) is 1. The van der Waals surface area contributed by atoms with E-state index in [1.54, 1.807) is 0 Å². The van der Waals surface area contributed by atoms with Crippen LogP contribution in [0.25, 0.3) is 10.9 Å². The zero-order valence-electron chi connectivity index (χ0n) is 9.17. The minimum absolute atomic E-state index is 0.807.